The SMILES string of the molecule is CC1CCCC(NCC2(O)CCCC2)C1C. The van der Waals surface area contributed by atoms with Gasteiger partial charge in [0, 0.05) is 12.6 Å². The second-order valence-corrected chi connectivity index (χ2v) is 6.19. The van der Waals surface area contributed by atoms with Gasteiger partial charge in [0.2, 0.25) is 0 Å². The second-order valence-electron chi connectivity index (χ2n) is 6.19. The summed E-state index contributed by atoms with van der Waals surface area (Å²) in [4.78, 5) is 0. The molecule has 2 nitrogen and oxygen atoms in total. The van der Waals surface area contributed by atoms with Crippen molar-refractivity contribution >= 4 is 0 Å². The largest absolute Gasteiger partial charge is 0.389 e. The van der Waals surface area contributed by atoms with Crippen LogP contribution in [0.15, 0.2) is 0 Å². The van der Waals surface area contributed by atoms with E-state index in [1.807, 2.05) is 0 Å². The predicted molar refractivity (Wildman–Crippen MR) is 67.4 cm³/mol. The summed E-state index contributed by atoms with van der Waals surface area (Å²) in [5.41, 5.74) is -0.388. The average Bonchev–Trinajstić information content (AvgIpc) is 2.68. The van der Waals surface area contributed by atoms with Crippen molar-refractivity contribution in [2.75, 3.05) is 6.54 Å². The van der Waals surface area contributed by atoms with Gasteiger partial charge in [-0.3, -0.25) is 0 Å². The minimum atomic E-state index is -0.388. The summed E-state index contributed by atoms with van der Waals surface area (Å²) >= 11 is 0. The van der Waals surface area contributed by atoms with Gasteiger partial charge in [0.1, 0.15) is 0 Å². The molecule has 2 saturated carbocycles. The van der Waals surface area contributed by atoms with Gasteiger partial charge in [0.25, 0.3) is 0 Å². The molecule has 3 atom stereocenters. The third-order valence-corrected chi connectivity index (χ3v) is 4.93. The van der Waals surface area contributed by atoms with Crippen LogP contribution < -0.4 is 5.32 Å². The molecule has 16 heavy (non-hydrogen) atoms. The Morgan fingerprint density at radius 3 is 2.50 bits per heavy atom. The van der Waals surface area contributed by atoms with Crippen molar-refractivity contribution in [2.24, 2.45) is 11.8 Å². The summed E-state index contributed by atoms with van der Waals surface area (Å²) in [6, 6.07) is 0.633. The van der Waals surface area contributed by atoms with Gasteiger partial charge in [0.15, 0.2) is 0 Å². The minimum Gasteiger partial charge on any atom is -0.389 e. The maximum Gasteiger partial charge on any atom is 0.0771 e. The van der Waals surface area contributed by atoms with E-state index in [-0.39, 0.29) is 5.60 Å². The van der Waals surface area contributed by atoms with E-state index in [9.17, 15) is 5.11 Å². The van der Waals surface area contributed by atoms with Crippen LogP contribution >= 0.6 is 0 Å². The van der Waals surface area contributed by atoms with E-state index in [4.69, 9.17) is 0 Å². The number of hydrogen-bond acceptors (Lipinski definition) is 2. The summed E-state index contributed by atoms with van der Waals surface area (Å²) in [5, 5.41) is 13.9. The number of rotatable bonds is 3. The summed E-state index contributed by atoms with van der Waals surface area (Å²) in [5.74, 6) is 1.60. The van der Waals surface area contributed by atoms with Crippen molar-refractivity contribution in [3.63, 3.8) is 0 Å². The molecule has 94 valence electrons. The number of aliphatic hydroxyl groups is 1. The van der Waals surface area contributed by atoms with E-state index in [1.54, 1.807) is 0 Å². The van der Waals surface area contributed by atoms with E-state index in [2.05, 4.69) is 19.2 Å². The zero-order chi connectivity index (χ0) is 11.6. The Kier molecular flexibility index (Phi) is 3.91. The molecular formula is C14H27NO. The highest BCUT2D eigenvalue weighted by Crippen LogP contribution is 2.32. The molecule has 2 N–H and O–H groups in total. The van der Waals surface area contributed by atoms with Crippen molar-refractivity contribution in [1.82, 2.24) is 5.32 Å². The lowest BCUT2D eigenvalue weighted by Gasteiger charge is -2.36. The summed E-state index contributed by atoms with van der Waals surface area (Å²) < 4.78 is 0. The third-order valence-electron chi connectivity index (χ3n) is 4.93. The molecule has 0 heterocycles. The Balaban J connectivity index is 1.80. The predicted octanol–water partition coefficient (Wildman–Crippen LogP) is 2.71. The lowest BCUT2D eigenvalue weighted by Crippen LogP contribution is -2.47. The third kappa shape index (κ3) is 2.78. The highest BCUT2D eigenvalue weighted by Gasteiger charge is 2.33. The van der Waals surface area contributed by atoms with Crippen LogP contribution in [0.3, 0.4) is 0 Å². The minimum absolute atomic E-state index is 0.388. The van der Waals surface area contributed by atoms with Crippen molar-refractivity contribution < 1.29 is 5.11 Å². The van der Waals surface area contributed by atoms with Crippen LogP contribution in [0, 0.1) is 11.8 Å². The fourth-order valence-electron chi connectivity index (χ4n) is 3.40. The van der Waals surface area contributed by atoms with Crippen LogP contribution in [0.25, 0.3) is 0 Å². The number of hydrogen-bond donors (Lipinski definition) is 2. The molecule has 2 aliphatic carbocycles. The summed E-state index contributed by atoms with van der Waals surface area (Å²) in [6.07, 6.45) is 8.42. The molecule has 2 aliphatic rings. The van der Waals surface area contributed by atoms with Crippen LogP contribution in [0.4, 0.5) is 0 Å². The Morgan fingerprint density at radius 2 is 1.81 bits per heavy atom. The van der Waals surface area contributed by atoms with Gasteiger partial charge in [-0.25, -0.2) is 0 Å². The molecule has 0 aromatic carbocycles. The lowest BCUT2D eigenvalue weighted by atomic mass is 9.78. The molecule has 0 amide bonds. The molecule has 2 fully saturated rings. The van der Waals surface area contributed by atoms with E-state index < -0.39 is 0 Å². The monoisotopic (exact) mass is 225 g/mol. The normalized spacial score (nSPS) is 38.8. The second kappa shape index (κ2) is 5.05. The maximum absolute atomic E-state index is 10.3. The van der Waals surface area contributed by atoms with Crippen LogP contribution in [-0.2, 0) is 0 Å². The van der Waals surface area contributed by atoms with Gasteiger partial charge in [-0.2, -0.15) is 0 Å². The van der Waals surface area contributed by atoms with Crippen LogP contribution in [0.1, 0.15) is 58.8 Å². The molecule has 0 radical (unpaired) electrons. The van der Waals surface area contributed by atoms with Crippen molar-refractivity contribution in [3.8, 4) is 0 Å². The smallest absolute Gasteiger partial charge is 0.0771 e. The highest BCUT2D eigenvalue weighted by molar-refractivity contribution is 4.90. The first-order chi connectivity index (χ1) is 7.61. The zero-order valence-electron chi connectivity index (χ0n) is 10.8. The standard InChI is InChI=1S/C14H27NO/c1-11-6-5-7-13(12(11)2)15-10-14(16)8-3-4-9-14/h11-13,15-16H,3-10H2,1-2H3. The van der Waals surface area contributed by atoms with Gasteiger partial charge in [-0.15, -0.1) is 0 Å². The summed E-state index contributed by atoms with van der Waals surface area (Å²) in [6.45, 7) is 5.54. The van der Waals surface area contributed by atoms with Crippen molar-refractivity contribution in [1.29, 1.82) is 0 Å². The molecule has 0 bridgehead atoms. The molecule has 0 saturated heterocycles. The van der Waals surface area contributed by atoms with Crippen LogP contribution in [0.5, 0.6) is 0 Å². The molecule has 2 rings (SSSR count). The van der Waals surface area contributed by atoms with E-state index in [0.29, 0.717) is 6.04 Å². The van der Waals surface area contributed by atoms with Crippen molar-refractivity contribution in [2.45, 2.75) is 70.4 Å². The van der Waals surface area contributed by atoms with Gasteiger partial charge >= 0.3 is 0 Å². The molecular weight excluding hydrogens is 198 g/mol. The van der Waals surface area contributed by atoms with E-state index in [0.717, 1.165) is 31.2 Å². The van der Waals surface area contributed by atoms with Gasteiger partial charge in [0.05, 0.1) is 5.60 Å². The first-order valence-corrected chi connectivity index (χ1v) is 7.06. The fourth-order valence-corrected chi connectivity index (χ4v) is 3.40. The first-order valence-electron chi connectivity index (χ1n) is 7.06. The highest BCUT2D eigenvalue weighted by atomic mass is 16.3. The Labute approximate surface area is 99.8 Å². The Morgan fingerprint density at radius 1 is 1.12 bits per heavy atom. The van der Waals surface area contributed by atoms with E-state index >= 15 is 0 Å². The van der Waals surface area contributed by atoms with Crippen molar-refractivity contribution in [3.05, 3.63) is 0 Å². The topological polar surface area (TPSA) is 32.3 Å². The average molecular weight is 225 g/mol. The van der Waals surface area contributed by atoms with Crippen LogP contribution in [-0.4, -0.2) is 23.3 Å². The Bertz CT molecular complexity index is 223. The maximum atomic E-state index is 10.3. The Hall–Kier alpha value is -0.0800. The van der Waals surface area contributed by atoms with E-state index in [1.165, 1.54) is 32.1 Å². The van der Waals surface area contributed by atoms with Gasteiger partial charge in [-0.05, 0) is 31.1 Å². The fraction of sp³-hybridized carbons (Fsp3) is 1.00. The molecule has 2 heteroatoms. The molecule has 3 unspecified atom stereocenters. The molecule has 0 aliphatic heterocycles. The molecule has 0 spiro atoms. The molecule has 0 aromatic heterocycles. The number of nitrogens with one attached hydrogen (secondary N) is 1. The molecule has 0 aromatic rings. The van der Waals surface area contributed by atoms with Gasteiger partial charge < -0.3 is 10.4 Å². The summed E-state index contributed by atoms with van der Waals surface area (Å²) in [7, 11) is 0. The van der Waals surface area contributed by atoms with Gasteiger partial charge in [-0.1, -0.05) is 39.5 Å². The van der Waals surface area contributed by atoms with Crippen LogP contribution in [0.2, 0.25) is 0 Å². The first kappa shape index (κ1) is 12.4. The lowest BCUT2D eigenvalue weighted by molar-refractivity contribution is 0.0387. The quantitative estimate of drug-likeness (QED) is 0.774. The zero-order valence-corrected chi connectivity index (χ0v) is 10.8.